The lowest BCUT2D eigenvalue weighted by atomic mass is 9.88. The van der Waals surface area contributed by atoms with Crippen LogP contribution in [0.15, 0.2) is 36.4 Å². The van der Waals surface area contributed by atoms with Crippen molar-refractivity contribution in [3.05, 3.63) is 53.1 Å². The Morgan fingerprint density at radius 2 is 2.03 bits per heavy atom. The third-order valence-electron chi connectivity index (χ3n) is 5.69. The summed E-state index contributed by atoms with van der Waals surface area (Å²) in [5, 5.41) is 15.8. The number of carbonyl (C=O) groups is 1. The van der Waals surface area contributed by atoms with E-state index in [1.54, 1.807) is 19.9 Å². The molecule has 172 valence electrons. The molecule has 0 radical (unpaired) electrons. The minimum atomic E-state index is -4.81. The molecule has 2 atom stereocenters. The second kappa shape index (κ2) is 8.20. The molecular weight excluding hydrogens is 425 g/mol. The Labute approximate surface area is 183 Å². The molecule has 0 fully saturated rings. The van der Waals surface area contributed by atoms with Crippen LogP contribution in [-0.2, 0) is 12.8 Å². The minimum Gasteiger partial charge on any atom is -0.487 e. The molecule has 3 N–H and O–H groups in total. The van der Waals surface area contributed by atoms with Gasteiger partial charge in [-0.25, -0.2) is 4.79 Å². The zero-order chi connectivity index (χ0) is 23.1. The summed E-state index contributed by atoms with van der Waals surface area (Å²) < 4.78 is 47.6. The fourth-order valence-corrected chi connectivity index (χ4v) is 4.36. The molecule has 2 aromatic carbocycles. The van der Waals surface area contributed by atoms with Crippen LogP contribution in [-0.4, -0.2) is 29.2 Å². The fraction of sp³-hybridized carbons (Fsp3) is 0.435. The van der Waals surface area contributed by atoms with Gasteiger partial charge in [0, 0.05) is 30.2 Å². The van der Waals surface area contributed by atoms with Crippen LogP contribution in [0.5, 0.6) is 11.5 Å². The Bertz CT molecular complexity index is 1020. The van der Waals surface area contributed by atoms with Crippen molar-refractivity contribution in [2.24, 2.45) is 0 Å². The summed E-state index contributed by atoms with van der Waals surface area (Å²) in [6.07, 6.45) is -2.91. The van der Waals surface area contributed by atoms with E-state index in [9.17, 15) is 23.1 Å². The van der Waals surface area contributed by atoms with Gasteiger partial charge in [0.2, 0.25) is 0 Å². The van der Waals surface area contributed by atoms with Crippen LogP contribution in [0.1, 0.15) is 49.4 Å². The van der Waals surface area contributed by atoms with E-state index < -0.39 is 30.1 Å². The topological polar surface area (TPSA) is 79.8 Å². The molecule has 0 spiro atoms. The zero-order valence-electron chi connectivity index (χ0n) is 17.8. The number of carbonyl (C=O) groups excluding carboxylic acids is 1. The number of aliphatic hydroxyl groups is 1. The molecule has 0 unspecified atom stereocenters. The maximum atomic E-state index is 12.8. The number of benzene rings is 2. The van der Waals surface area contributed by atoms with Crippen molar-refractivity contribution in [3.8, 4) is 11.5 Å². The molecule has 0 bridgehead atoms. The van der Waals surface area contributed by atoms with Crippen molar-refractivity contribution >= 4 is 11.7 Å². The number of hydrogen-bond donors (Lipinski definition) is 3. The summed E-state index contributed by atoms with van der Waals surface area (Å²) in [7, 11) is 0. The van der Waals surface area contributed by atoms with E-state index in [-0.39, 0.29) is 11.5 Å². The van der Waals surface area contributed by atoms with E-state index in [1.807, 2.05) is 12.1 Å². The standard InChI is InChI=1S/C23H25F3N2O4/c1-22(2)12-19(16-9-8-15(11-20(16)32-22)31-23(24,25)26)28-21(30)27-18-5-3-4-13-6-7-14(29)10-17(13)18/h3-5,8-9,11,14,19,29H,6-7,10,12H2,1-2H3,(H2,27,28,30)/t14-,19-/m1/s1. The molecule has 0 saturated carbocycles. The van der Waals surface area contributed by atoms with Crippen molar-refractivity contribution < 1.29 is 32.5 Å². The van der Waals surface area contributed by atoms with E-state index in [2.05, 4.69) is 15.4 Å². The number of aryl methyl sites for hydroxylation is 1. The number of nitrogens with one attached hydrogen (secondary N) is 2. The van der Waals surface area contributed by atoms with Crippen LogP contribution in [0.3, 0.4) is 0 Å². The van der Waals surface area contributed by atoms with Crippen LogP contribution in [0, 0.1) is 0 Å². The van der Waals surface area contributed by atoms with Gasteiger partial charge in [-0.2, -0.15) is 0 Å². The molecule has 1 heterocycles. The number of urea groups is 1. The Hall–Kier alpha value is -2.94. The molecule has 2 amide bonds. The van der Waals surface area contributed by atoms with E-state index in [4.69, 9.17) is 4.74 Å². The van der Waals surface area contributed by atoms with Gasteiger partial charge in [0.05, 0.1) is 12.1 Å². The molecule has 0 saturated heterocycles. The van der Waals surface area contributed by atoms with Crippen LogP contribution < -0.4 is 20.1 Å². The maximum Gasteiger partial charge on any atom is 0.573 e. The SMILES string of the molecule is CC1(C)C[C@@H](NC(=O)Nc2cccc3c2C[C@H](O)CC3)c2ccc(OC(F)(F)F)cc2O1. The number of aliphatic hydroxyl groups excluding tert-OH is 1. The highest BCUT2D eigenvalue weighted by molar-refractivity contribution is 5.90. The normalized spacial score (nSPS) is 21.6. The lowest BCUT2D eigenvalue weighted by Crippen LogP contribution is -2.42. The first-order chi connectivity index (χ1) is 15.0. The van der Waals surface area contributed by atoms with E-state index in [1.165, 1.54) is 18.2 Å². The number of ether oxygens (including phenoxy) is 2. The molecule has 0 aromatic heterocycles. The Morgan fingerprint density at radius 1 is 1.25 bits per heavy atom. The van der Waals surface area contributed by atoms with Crippen molar-refractivity contribution in [3.63, 3.8) is 0 Å². The van der Waals surface area contributed by atoms with Gasteiger partial charge in [-0.1, -0.05) is 12.1 Å². The second-order valence-electron chi connectivity index (χ2n) is 8.80. The number of rotatable bonds is 3. The number of amides is 2. The average Bonchev–Trinajstić information content (AvgIpc) is 2.66. The smallest absolute Gasteiger partial charge is 0.487 e. The van der Waals surface area contributed by atoms with Crippen LogP contribution >= 0.6 is 0 Å². The predicted molar refractivity (Wildman–Crippen MR) is 112 cm³/mol. The van der Waals surface area contributed by atoms with Crippen molar-refractivity contribution in [2.75, 3.05) is 5.32 Å². The van der Waals surface area contributed by atoms with Gasteiger partial charge in [0.25, 0.3) is 0 Å². The summed E-state index contributed by atoms with van der Waals surface area (Å²) in [5.41, 5.74) is 2.52. The van der Waals surface area contributed by atoms with Gasteiger partial charge < -0.3 is 25.2 Å². The summed E-state index contributed by atoms with van der Waals surface area (Å²) >= 11 is 0. The molecule has 1 aliphatic heterocycles. The highest BCUT2D eigenvalue weighted by Crippen LogP contribution is 2.42. The molecule has 32 heavy (non-hydrogen) atoms. The van der Waals surface area contributed by atoms with Gasteiger partial charge >= 0.3 is 12.4 Å². The summed E-state index contributed by atoms with van der Waals surface area (Å²) in [6.45, 7) is 3.60. The van der Waals surface area contributed by atoms with Crippen molar-refractivity contribution in [2.45, 2.75) is 63.6 Å². The highest BCUT2D eigenvalue weighted by Gasteiger charge is 2.36. The number of fused-ring (bicyclic) bond motifs is 2. The average molecular weight is 450 g/mol. The highest BCUT2D eigenvalue weighted by atomic mass is 19.4. The minimum absolute atomic E-state index is 0.230. The lowest BCUT2D eigenvalue weighted by Gasteiger charge is -2.38. The van der Waals surface area contributed by atoms with Gasteiger partial charge in [-0.05, 0) is 56.0 Å². The molecule has 9 heteroatoms. The van der Waals surface area contributed by atoms with Gasteiger partial charge in [-0.15, -0.1) is 13.2 Å². The van der Waals surface area contributed by atoms with Crippen LogP contribution in [0.25, 0.3) is 0 Å². The van der Waals surface area contributed by atoms with Gasteiger partial charge in [-0.3, -0.25) is 0 Å². The van der Waals surface area contributed by atoms with Crippen LogP contribution in [0.4, 0.5) is 23.7 Å². The van der Waals surface area contributed by atoms with Crippen LogP contribution in [0.2, 0.25) is 0 Å². The monoisotopic (exact) mass is 450 g/mol. The Morgan fingerprint density at radius 3 is 2.78 bits per heavy atom. The predicted octanol–water partition coefficient (Wildman–Crippen LogP) is 4.86. The molecular formula is C23H25F3N2O4. The fourth-order valence-electron chi connectivity index (χ4n) is 4.36. The second-order valence-corrected chi connectivity index (χ2v) is 8.80. The number of alkyl halides is 3. The first-order valence-corrected chi connectivity index (χ1v) is 10.4. The van der Waals surface area contributed by atoms with Gasteiger partial charge in [0.1, 0.15) is 17.1 Å². The van der Waals surface area contributed by atoms with E-state index in [0.717, 1.165) is 17.5 Å². The molecule has 4 rings (SSSR count). The molecule has 2 aliphatic rings. The number of halogens is 3. The molecule has 1 aliphatic carbocycles. The number of hydrogen-bond acceptors (Lipinski definition) is 4. The molecule has 6 nitrogen and oxygen atoms in total. The zero-order valence-corrected chi connectivity index (χ0v) is 17.8. The third kappa shape index (κ3) is 5.09. The Balaban J connectivity index is 1.53. The van der Waals surface area contributed by atoms with Crippen molar-refractivity contribution in [1.82, 2.24) is 5.32 Å². The summed E-state index contributed by atoms with van der Waals surface area (Å²) in [6, 6.07) is 8.59. The first kappa shape index (κ1) is 22.3. The third-order valence-corrected chi connectivity index (χ3v) is 5.69. The first-order valence-electron chi connectivity index (χ1n) is 10.4. The summed E-state index contributed by atoms with van der Waals surface area (Å²) in [5.74, 6) is -0.153. The maximum absolute atomic E-state index is 12.8. The van der Waals surface area contributed by atoms with E-state index in [0.29, 0.717) is 30.5 Å². The lowest BCUT2D eigenvalue weighted by molar-refractivity contribution is -0.274. The largest absolute Gasteiger partial charge is 0.573 e. The number of anilines is 1. The quantitative estimate of drug-likeness (QED) is 0.624. The molecule has 2 aromatic rings. The summed E-state index contributed by atoms with van der Waals surface area (Å²) in [4.78, 5) is 12.8. The Kier molecular flexibility index (Phi) is 5.70. The van der Waals surface area contributed by atoms with Gasteiger partial charge in [0.15, 0.2) is 0 Å². The van der Waals surface area contributed by atoms with E-state index >= 15 is 0 Å². The van der Waals surface area contributed by atoms with Crippen molar-refractivity contribution in [1.29, 1.82) is 0 Å².